The molecule has 1 atom stereocenters. The van der Waals surface area contributed by atoms with E-state index in [4.69, 9.17) is 0 Å². The summed E-state index contributed by atoms with van der Waals surface area (Å²) in [5.74, 6) is 1.05. The van der Waals surface area contributed by atoms with Crippen molar-refractivity contribution in [2.75, 3.05) is 18.0 Å². The molecule has 1 aromatic heterocycles. The van der Waals surface area contributed by atoms with Gasteiger partial charge in [-0.25, -0.2) is 9.37 Å². The van der Waals surface area contributed by atoms with Crippen molar-refractivity contribution in [1.82, 2.24) is 10.3 Å². The average Bonchev–Trinajstić information content (AvgIpc) is 2.86. The third-order valence-corrected chi connectivity index (χ3v) is 3.81. The monoisotopic (exact) mass is 265 g/mol. The van der Waals surface area contributed by atoms with Crippen molar-refractivity contribution < 1.29 is 4.39 Å². The van der Waals surface area contributed by atoms with Gasteiger partial charge in [-0.15, -0.1) is 0 Å². The van der Waals surface area contributed by atoms with Crippen molar-refractivity contribution in [3.8, 4) is 0 Å². The minimum atomic E-state index is -0.160. The molecule has 0 aliphatic carbocycles. The van der Waals surface area contributed by atoms with Crippen LogP contribution in [0.25, 0.3) is 0 Å². The third-order valence-electron chi connectivity index (χ3n) is 3.81. The summed E-state index contributed by atoms with van der Waals surface area (Å²) in [5.41, 5.74) is 0.707. The lowest BCUT2D eigenvalue weighted by Gasteiger charge is -2.19. The molecule has 1 unspecified atom stereocenters. The van der Waals surface area contributed by atoms with Gasteiger partial charge in [0.2, 0.25) is 0 Å². The predicted molar refractivity (Wildman–Crippen MR) is 76.8 cm³/mol. The van der Waals surface area contributed by atoms with Gasteiger partial charge in [0.15, 0.2) is 11.6 Å². The Kier molecular flexibility index (Phi) is 4.75. The summed E-state index contributed by atoms with van der Waals surface area (Å²) in [7, 11) is 0. The van der Waals surface area contributed by atoms with E-state index in [9.17, 15) is 4.39 Å². The first-order chi connectivity index (χ1) is 9.11. The minimum absolute atomic E-state index is 0.160. The molecule has 4 heteroatoms. The van der Waals surface area contributed by atoms with Crippen LogP contribution in [-0.4, -0.2) is 24.1 Å². The Labute approximate surface area is 115 Å². The highest BCUT2D eigenvalue weighted by atomic mass is 19.1. The molecular formula is C15H24FN3. The van der Waals surface area contributed by atoms with Crippen LogP contribution in [-0.2, 0) is 6.54 Å². The van der Waals surface area contributed by atoms with Crippen LogP contribution in [0.3, 0.4) is 0 Å². The fourth-order valence-corrected chi connectivity index (χ4v) is 2.50. The molecule has 1 N–H and O–H groups in total. The Bertz CT molecular complexity index is 420. The normalized spacial score (nSPS) is 19.4. The second kappa shape index (κ2) is 6.33. The smallest absolute Gasteiger partial charge is 0.170 e. The zero-order valence-corrected chi connectivity index (χ0v) is 12.1. The van der Waals surface area contributed by atoms with E-state index >= 15 is 0 Å². The number of pyridine rings is 1. The van der Waals surface area contributed by atoms with E-state index in [1.165, 1.54) is 0 Å². The maximum Gasteiger partial charge on any atom is 0.170 e. The maximum atomic E-state index is 14.5. The van der Waals surface area contributed by atoms with Crippen molar-refractivity contribution in [3.05, 3.63) is 23.6 Å². The first-order valence-electron chi connectivity index (χ1n) is 7.23. The molecule has 2 rings (SSSR count). The Morgan fingerprint density at radius 1 is 1.53 bits per heavy atom. The Hall–Kier alpha value is -1.16. The molecule has 0 amide bonds. The molecule has 0 bridgehead atoms. The van der Waals surface area contributed by atoms with E-state index in [-0.39, 0.29) is 5.82 Å². The maximum absolute atomic E-state index is 14.5. The summed E-state index contributed by atoms with van der Waals surface area (Å²) in [5, 5.41) is 3.25. The summed E-state index contributed by atoms with van der Waals surface area (Å²) >= 11 is 0. The number of aromatic nitrogens is 1. The zero-order chi connectivity index (χ0) is 13.8. The van der Waals surface area contributed by atoms with E-state index < -0.39 is 0 Å². The van der Waals surface area contributed by atoms with Crippen LogP contribution in [0.4, 0.5) is 10.2 Å². The van der Waals surface area contributed by atoms with Gasteiger partial charge in [-0.3, -0.25) is 0 Å². The molecule has 1 saturated heterocycles. The fraction of sp³-hybridized carbons (Fsp3) is 0.667. The SMILES string of the molecule is CCC1CCN(c2nccc(CNC(C)C)c2F)C1. The molecule has 0 spiro atoms. The fourth-order valence-electron chi connectivity index (χ4n) is 2.50. The first-order valence-corrected chi connectivity index (χ1v) is 7.23. The molecule has 2 heterocycles. The van der Waals surface area contributed by atoms with E-state index in [2.05, 4.69) is 36.0 Å². The molecule has 106 valence electrons. The third kappa shape index (κ3) is 3.44. The van der Waals surface area contributed by atoms with Crippen LogP contribution in [0.1, 0.15) is 39.2 Å². The van der Waals surface area contributed by atoms with Gasteiger partial charge in [0, 0.05) is 37.4 Å². The number of halogens is 1. The average molecular weight is 265 g/mol. The number of hydrogen-bond acceptors (Lipinski definition) is 3. The lowest BCUT2D eigenvalue weighted by molar-refractivity contribution is 0.545. The second-order valence-corrected chi connectivity index (χ2v) is 5.65. The highest BCUT2D eigenvalue weighted by Gasteiger charge is 2.25. The van der Waals surface area contributed by atoms with Gasteiger partial charge in [0.05, 0.1) is 0 Å². The summed E-state index contributed by atoms with van der Waals surface area (Å²) in [6.45, 7) is 8.73. The second-order valence-electron chi connectivity index (χ2n) is 5.65. The Morgan fingerprint density at radius 2 is 2.32 bits per heavy atom. The van der Waals surface area contributed by atoms with Gasteiger partial charge in [0.1, 0.15) is 0 Å². The predicted octanol–water partition coefficient (Wildman–Crippen LogP) is 2.96. The molecule has 0 aromatic carbocycles. The van der Waals surface area contributed by atoms with Gasteiger partial charge in [-0.05, 0) is 18.4 Å². The lowest BCUT2D eigenvalue weighted by Crippen LogP contribution is -2.25. The quantitative estimate of drug-likeness (QED) is 0.887. The summed E-state index contributed by atoms with van der Waals surface area (Å²) in [6, 6.07) is 2.12. The van der Waals surface area contributed by atoms with Crippen molar-refractivity contribution in [2.45, 2.75) is 46.2 Å². The summed E-state index contributed by atoms with van der Waals surface area (Å²) in [6.07, 6.45) is 4.02. The topological polar surface area (TPSA) is 28.2 Å². The van der Waals surface area contributed by atoms with E-state index in [1.807, 2.05) is 0 Å². The largest absolute Gasteiger partial charge is 0.354 e. The number of nitrogens with one attached hydrogen (secondary N) is 1. The lowest BCUT2D eigenvalue weighted by atomic mass is 10.1. The van der Waals surface area contributed by atoms with Crippen molar-refractivity contribution in [2.24, 2.45) is 5.92 Å². The van der Waals surface area contributed by atoms with Gasteiger partial charge in [0.25, 0.3) is 0 Å². The molecule has 0 saturated carbocycles. The zero-order valence-electron chi connectivity index (χ0n) is 12.1. The van der Waals surface area contributed by atoms with Crippen LogP contribution >= 0.6 is 0 Å². The Balaban J connectivity index is 2.11. The molecule has 0 radical (unpaired) electrons. The van der Waals surface area contributed by atoms with Crippen LogP contribution in [0.5, 0.6) is 0 Å². The molecule has 1 fully saturated rings. The Morgan fingerprint density at radius 3 is 2.95 bits per heavy atom. The molecule has 1 aromatic rings. The van der Waals surface area contributed by atoms with Crippen LogP contribution in [0.15, 0.2) is 12.3 Å². The highest BCUT2D eigenvalue weighted by molar-refractivity contribution is 5.44. The van der Waals surface area contributed by atoms with Crippen molar-refractivity contribution in [3.63, 3.8) is 0 Å². The van der Waals surface area contributed by atoms with Gasteiger partial charge in [-0.1, -0.05) is 27.2 Å². The molecule has 1 aliphatic rings. The van der Waals surface area contributed by atoms with Gasteiger partial charge >= 0.3 is 0 Å². The number of rotatable bonds is 5. The first kappa shape index (κ1) is 14.3. The number of nitrogens with zero attached hydrogens (tertiary/aromatic N) is 2. The number of hydrogen-bond donors (Lipinski definition) is 1. The van der Waals surface area contributed by atoms with Crippen LogP contribution < -0.4 is 10.2 Å². The highest BCUT2D eigenvalue weighted by Crippen LogP contribution is 2.27. The standard InChI is InChI=1S/C15H24FN3/c1-4-12-6-8-19(10-12)15-14(16)13(5-7-17-15)9-18-11(2)3/h5,7,11-12,18H,4,6,8-10H2,1-3H3. The molecular weight excluding hydrogens is 241 g/mol. The summed E-state index contributed by atoms with van der Waals surface area (Å²) < 4.78 is 14.5. The molecule has 3 nitrogen and oxygen atoms in total. The minimum Gasteiger partial charge on any atom is -0.354 e. The van der Waals surface area contributed by atoms with Crippen LogP contribution in [0, 0.1) is 11.7 Å². The van der Waals surface area contributed by atoms with E-state index in [0.717, 1.165) is 25.9 Å². The van der Waals surface area contributed by atoms with Crippen molar-refractivity contribution >= 4 is 5.82 Å². The van der Waals surface area contributed by atoms with Crippen molar-refractivity contribution in [1.29, 1.82) is 0 Å². The van der Waals surface area contributed by atoms with E-state index in [1.54, 1.807) is 12.3 Å². The van der Waals surface area contributed by atoms with Gasteiger partial charge in [-0.2, -0.15) is 0 Å². The van der Waals surface area contributed by atoms with Gasteiger partial charge < -0.3 is 10.2 Å². The van der Waals surface area contributed by atoms with E-state index in [0.29, 0.717) is 29.9 Å². The molecule has 19 heavy (non-hydrogen) atoms. The molecule has 1 aliphatic heterocycles. The summed E-state index contributed by atoms with van der Waals surface area (Å²) in [4.78, 5) is 6.33. The van der Waals surface area contributed by atoms with Crippen LogP contribution in [0.2, 0.25) is 0 Å². The number of anilines is 1.